The van der Waals surface area contributed by atoms with Crippen molar-refractivity contribution < 1.29 is 28.5 Å². The molecule has 43 heavy (non-hydrogen) atoms. The lowest BCUT2D eigenvalue weighted by Crippen LogP contribution is -2.45. The van der Waals surface area contributed by atoms with Crippen LogP contribution in [-0.4, -0.2) is 50.6 Å². The van der Waals surface area contributed by atoms with Crippen LogP contribution >= 0.6 is 23.2 Å². The van der Waals surface area contributed by atoms with Gasteiger partial charge in [0.2, 0.25) is 0 Å². The average molecular weight is 637 g/mol. The molecule has 1 aliphatic heterocycles. The van der Waals surface area contributed by atoms with Crippen molar-refractivity contribution in [2.75, 3.05) is 11.9 Å². The minimum Gasteiger partial charge on any atom is -0.429 e. The largest absolute Gasteiger partial charge is 0.429 e. The summed E-state index contributed by atoms with van der Waals surface area (Å²) in [5.74, 6) is -2.85. The van der Waals surface area contributed by atoms with Crippen molar-refractivity contribution in [3.63, 3.8) is 0 Å². The number of carbonyl (C=O) groups is 1. The highest BCUT2D eigenvalue weighted by atomic mass is 35.5. The lowest BCUT2D eigenvalue weighted by Gasteiger charge is -2.37. The van der Waals surface area contributed by atoms with E-state index in [1.54, 1.807) is 33.9 Å². The lowest BCUT2D eigenvalue weighted by atomic mass is 9.63. The summed E-state index contributed by atoms with van der Waals surface area (Å²) in [6.07, 6.45) is -0.673. The van der Waals surface area contributed by atoms with Crippen LogP contribution in [0.4, 0.5) is 19.4 Å². The number of amides is 1. The Morgan fingerprint density at radius 1 is 1.23 bits per heavy atom. The summed E-state index contributed by atoms with van der Waals surface area (Å²) in [6.45, 7) is 6.62. The molecule has 0 aliphatic carbocycles. The molecule has 13 heteroatoms. The van der Waals surface area contributed by atoms with Crippen molar-refractivity contribution in [3.8, 4) is 6.07 Å². The zero-order valence-corrected chi connectivity index (χ0v) is 25.5. The Balaban J connectivity index is 1.81. The molecule has 0 bridgehead atoms. The number of nitrogens with one attached hydrogen (secondary N) is 2. The fourth-order valence-corrected chi connectivity index (χ4v) is 5.88. The van der Waals surface area contributed by atoms with Gasteiger partial charge in [-0.05, 0) is 49.4 Å². The lowest BCUT2D eigenvalue weighted by molar-refractivity contribution is 0.0578. The highest BCUT2D eigenvalue weighted by Crippen LogP contribution is 2.53. The molecule has 4 rings (SSSR count). The van der Waals surface area contributed by atoms with Crippen LogP contribution in [0.25, 0.3) is 0 Å². The van der Waals surface area contributed by atoms with E-state index in [2.05, 4.69) is 21.8 Å². The number of halogens is 4. The predicted molar refractivity (Wildman–Crippen MR) is 158 cm³/mol. The van der Waals surface area contributed by atoms with Gasteiger partial charge in [-0.25, -0.2) is 13.6 Å². The Hall–Kier alpha value is -3.27. The molecule has 1 aromatic heterocycles. The van der Waals surface area contributed by atoms with Crippen molar-refractivity contribution in [2.24, 2.45) is 5.41 Å². The van der Waals surface area contributed by atoms with E-state index in [1.165, 1.54) is 41.1 Å². The zero-order chi connectivity index (χ0) is 31.7. The van der Waals surface area contributed by atoms with Gasteiger partial charge in [0.05, 0.1) is 29.2 Å². The first-order valence-electron chi connectivity index (χ1n) is 13.5. The normalized spacial score (nSPS) is 22.3. The third-order valence-electron chi connectivity index (χ3n) is 7.43. The first-order chi connectivity index (χ1) is 20.1. The molecule has 4 atom stereocenters. The molecule has 1 amide bonds. The van der Waals surface area contributed by atoms with Crippen LogP contribution in [-0.2, 0) is 16.7 Å². The first kappa shape index (κ1) is 32.6. The second-order valence-electron chi connectivity index (χ2n) is 12.1. The molecule has 2 aromatic carbocycles. The monoisotopic (exact) mass is 635 g/mol. The maximum atomic E-state index is 15.7. The number of aliphatic hydroxyl groups is 2. The van der Waals surface area contributed by atoms with Crippen LogP contribution in [0.5, 0.6) is 0 Å². The van der Waals surface area contributed by atoms with E-state index in [1.807, 2.05) is 0 Å². The van der Waals surface area contributed by atoms with Gasteiger partial charge in [0.15, 0.2) is 12.0 Å². The topological polar surface area (TPSA) is 132 Å². The number of benzene rings is 2. The van der Waals surface area contributed by atoms with E-state index in [4.69, 9.17) is 27.9 Å². The Kier molecular flexibility index (Phi) is 9.40. The minimum atomic E-state index is -1.86. The number of hydrogen-bond donors (Lipinski definition) is 4. The molecule has 1 fully saturated rings. The fourth-order valence-electron chi connectivity index (χ4n) is 5.54. The van der Waals surface area contributed by atoms with Gasteiger partial charge in [-0.1, -0.05) is 55.2 Å². The van der Waals surface area contributed by atoms with Crippen molar-refractivity contribution in [3.05, 3.63) is 81.5 Å². The van der Waals surface area contributed by atoms with Crippen LogP contribution in [0.1, 0.15) is 51.2 Å². The molecule has 2 heterocycles. The third kappa shape index (κ3) is 6.95. The van der Waals surface area contributed by atoms with Crippen molar-refractivity contribution in [1.82, 2.24) is 15.1 Å². The van der Waals surface area contributed by atoms with Gasteiger partial charge in [-0.3, -0.25) is 15.3 Å². The quantitative estimate of drug-likeness (QED) is 0.236. The molecule has 4 N–H and O–H groups in total. The molecule has 1 aliphatic rings. The van der Waals surface area contributed by atoms with E-state index < -0.39 is 52.3 Å². The number of ether oxygens (including phenoxy) is 1. The minimum absolute atomic E-state index is 0.0764. The maximum Gasteiger partial charge on any atom is 0.414 e. The van der Waals surface area contributed by atoms with E-state index in [0.29, 0.717) is 0 Å². The maximum absolute atomic E-state index is 15.7. The molecule has 1 saturated heterocycles. The van der Waals surface area contributed by atoms with Crippen LogP contribution in [0, 0.1) is 28.4 Å². The fraction of sp³-hybridized carbons (Fsp3) is 0.433. The Labute approximate surface area is 258 Å². The smallest absolute Gasteiger partial charge is 0.414 e. The van der Waals surface area contributed by atoms with Gasteiger partial charge in [-0.15, -0.1) is 0 Å². The van der Waals surface area contributed by atoms with Gasteiger partial charge < -0.3 is 14.9 Å². The van der Waals surface area contributed by atoms with Crippen LogP contribution in [0.3, 0.4) is 0 Å². The number of anilines is 1. The summed E-state index contributed by atoms with van der Waals surface area (Å²) in [6, 6.07) is 10.8. The van der Waals surface area contributed by atoms with E-state index in [9.17, 15) is 20.3 Å². The van der Waals surface area contributed by atoms with Crippen molar-refractivity contribution in [1.29, 1.82) is 5.26 Å². The summed E-state index contributed by atoms with van der Waals surface area (Å²) >= 11 is 12.2. The van der Waals surface area contributed by atoms with E-state index in [-0.39, 0.29) is 46.6 Å². The number of aromatic nitrogens is 2. The Morgan fingerprint density at radius 2 is 1.95 bits per heavy atom. The number of hydrogen-bond acceptors (Lipinski definition) is 7. The van der Waals surface area contributed by atoms with Gasteiger partial charge in [-0.2, -0.15) is 10.4 Å². The molecule has 9 nitrogen and oxygen atoms in total. The molecule has 0 radical (unpaired) electrons. The molecular weight excluding hydrogens is 603 g/mol. The SMILES string of the molecule is CC(C)(O)Cn1ccc(NC(=O)O[C@H]2N[C@@H](CC(C)(C)CO)[C@](C#N)(c3ccc(Cl)cc3F)[C@H]2c2cccc(Cl)c2F)n1. The summed E-state index contributed by atoms with van der Waals surface area (Å²) in [5, 5.41) is 40.7. The molecular formula is C30H33Cl2F2N5O4. The van der Waals surface area contributed by atoms with Crippen molar-refractivity contribution in [2.45, 2.75) is 69.9 Å². The number of carbonyl (C=O) groups excluding carboxylic acids is 1. The number of rotatable bonds is 9. The zero-order valence-electron chi connectivity index (χ0n) is 24.0. The summed E-state index contributed by atoms with van der Waals surface area (Å²) < 4.78 is 38.6. The van der Waals surface area contributed by atoms with E-state index in [0.717, 1.165) is 6.07 Å². The molecule has 230 valence electrons. The van der Waals surface area contributed by atoms with Crippen LogP contribution in [0.2, 0.25) is 10.0 Å². The Morgan fingerprint density at radius 3 is 2.58 bits per heavy atom. The first-order valence-corrected chi connectivity index (χ1v) is 14.3. The van der Waals surface area contributed by atoms with Gasteiger partial charge in [0.25, 0.3) is 0 Å². The molecule has 3 aromatic rings. The molecule has 0 unspecified atom stereocenters. The van der Waals surface area contributed by atoms with Crippen LogP contribution in [0.15, 0.2) is 48.7 Å². The predicted octanol–water partition coefficient (Wildman–Crippen LogP) is 5.74. The second kappa shape index (κ2) is 12.4. The van der Waals surface area contributed by atoms with E-state index >= 15 is 8.78 Å². The van der Waals surface area contributed by atoms with Gasteiger partial charge in [0.1, 0.15) is 17.0 Å². The van der Waals surface area contributed by atoms with Gasteiger partial charge in [0, 0.05) is 35.5 Å². The van der Waals surface area contributed by atoms with Crippen molar-refractivity contribution >= 4 is 35.1 Å². The highest BCUT2D eigenvalue weighted by molar-refractivity contribution is 6.31. The summed E-state index contributed by atoms with van der Waals surface area (Å²) in [5.41, 5.74) is -3.85. The summed E-state index contributed by atoms with van der Waals surface area (Å²) in [7, 11) is 0. The van der Waals surface area contributed by atoms with Crippen LogP contribution < -0.4 is 10.6 Å². The molecule has 0 saturated carbocycles. The number of nitrogens with zero attached hydrogens (tertiary/aromatic N) is 3. The Bertz CT molecular complexity index is 1540. The molecule has 0 spiro atoms. The standard InChI is InChI=1S/C30H33Cl2F2N5O4/c1-28(2,16-40)13-22-30(14-35,19-9-8-17(31)12-21(19)33)24(18-6-5-7-20(32)25(18)34)26(36-22)43-27(41)37-23-10-11-39(38-23)15-29(3,4)42/h5-12,22,24,26,36,40,42H,13,15-16H2,1-4H3,(H,37,38,41)/t22-,24-,26+,30-/m0/s1. The number of aliphatic hydroxyl groups excluding tert-OH is 1. The third-order valence-corrected chi connectivity index (χ3v) is 7.95. The number of nitriles is 1. The summed E-state index contributed by atoms with van der Waals surface area (Å²) in [4.78, 5) is 13.2. The average Bonchev–Trinajstić information content (AvgIpc) is 3.45. The van der Waals surface area contributed by atoms with Gasteiger partial charge >= 0.3 is 6.09 Å². The second-order valence-corrected chi connectivity index (χ2v) is 13.0. The highest BCUT2D eigenvalue weighted by Gasteiger charge is 2.61.